The molecule has 0 saturated carbocycles. The van der Waals surface area contributed by atoms with Gasteiger partial charge in [-0.05, 0) is 34.6 Å². The van der Waals surface area contributed by atoms with E-state index < -0.39 is 0 Å². The highest BCUT2D eigenvalue weighted by Crippen LogP contribution is 2.52. The van der Waals surface area contributed by atoms with Crippen molar-refractivity contribution < 1.29 is 0 Å². The van der Waals surface area contributed by atoms with Crippen LogP contribution in [-0.2, 0) is 0 Å². The Hall–Kier alpha value is -1.68. The highest BCUT2D eigenvalue weighted by atomic mass is 14.4. The molecule has 2 aromatic carbocycles. The zero-order chi connectivity index (χ0) is 16.0. The molecule has 0 aromatic heterocycles. The summed E-state index contributed by atoms with van der Waals surface area (Å²) in [5.41, 5.74) is 3.43. The van der Waals surface area contributed by atoms with Crippen molar-refractivity contribution in [1.29, 1.82) is 0 Å². The Morgan fingerprint density at radius 3 is 2.09 bits per heavy atom. The third-order valence-electron chi connectivity index (χ3n) is 5.98. The molecule has 0 aliphatic carbocycles. The Morgan fingerprint density at radius 2 is 1.50 bits per heavy atom. The van der Waals surface area contributed by atoms with Crippen molar-refractivity contribution in [2.45, 2.75) is 47.3 Å². The lowest BCUT2D eigenvalue weighted by atomic mass is 9.41. The number of benzene rings is 2. The van der Waals surface area contributed by atoms with Gasteiger partial charge < -0.3 is 0 Å². The molecule has 112 valence electrons. The SMILES string of the molecule is CC#Cc1cccc2cccc(B3CC(C)(C)C(C)(C)C3)c12. The molecule has 2 aromatic rings. The molecule has 1 fully saturated rings. The van der Waals surface area contributed by atoms with Gasteiger partial charge in [0.1, 0.15) is 0 Å². The second-order valence-corrected chi connectivity index (χ2v) is 8.00. The van der Waals surface area contributed by atoms with E-state index >= 15 is 0 Å². The van der Waals surface area contributed by atoms with Gasteiger partial charge in [-0.15, -0.1) is 5.92 Å². The minimum Gasteiger partial charge on any atom is -0.101 e. The van der Waals surface area contributed by atoms with Crippen LogP contribution in [0.4, 0.5) is 0 Å². The van der Waals surface area contributed by atoms with E-state index in [2.05, 4.69) is 75.9 Å². The molecule has 0 spiro atoms. The molecule has 0 radical (unpaired) electrons. The summed E-state index contributed by atoms with van der Waals surface area (Å²) in [5, 5.41) is 2.69. The highest BCUT2D eigenvalue weighted by Gasteiger charge is 2.48. The first-order chi connectivity index (χ1) is 10.4. The lowest BCUT2D eigenvalue weighted by molar-refractivity contribution is 0.177. The maximum absolute atomic E-state index is 3.31. The molecule has 1 saturated heterocycles. The fraction of sp³-hybridized carbons (Fsp3) is 0.429. The fourth-order valence-electron chi connectivity index (χ4n) is 4.03. The van der Waals surface area contributed by atoms with Crippen molar-refractivity contribution in [3.63, 3.8) is 0 Å². The molecular formula is C21H25B. The summed E-state index contributed by atoms with van der Waals surface area (Å²) in [5.74, 6) is 6.38. The Labute approximate surface area is 135 Å². The summed E-state index contributed by atoms with van der Waals surface area (Å²) in [4.78, 5) is 0. The van der Waals surface area contributed by atoms with E-state index in [1.165, 1.54) is 34.4 Å². The summed E-state index contributed by atoms with van der Waals surface area (Å²) in [6.07, 6.45) is 2.51. The van der Waals surface area contributed by atoms with Crippen molar-refractivity contribution in [2.24, 2.45) is 10.8 Å². The lowest BCUT2D eigenvalue weighted by Gasteiger charge is -2.35. The minimum atomic E-state index is 0.380. The molecule has 3 rings (SSSR count). The van der Waals surface area contributed by atoms with E-state index in [4.69, 9.17) is 0 Å². The normalized spacial score (nSPS) is 19.0. The quantitative estimate of drug-likeness (QED) is 0.513. The average molecular weight is 288 g/mol. The van der Waals surface area contributed by atoms with Crippen LogP contribution in [-0.4, -0.2) is 6.71 Å². The topological polar surface area (TPSA) is 0 Å². The first-order valence-corrected chi connectivity index (χ1v) is 8.30. The average Bonchev–Trinajstić information content (AvgIpc) is 2.67. The molecule has 0 bridgehead atoms. The largest absolute Gasteiger partial charge is 0.177 e. The van der Waals surface area contributed by atoms with Gasteiger partial charge in [-0.1, -0.05) is 82.1 Å². The zero-order valence-electron chi connectivity index (χ0n) is 14.5. The molecule has 0 N–H and O–H groups in total. The van der Waals surface area contributed by atoms with Crippen molar-refractivity contribution in [3.8, 4) is 11.8 Å². The second-order valence-electron chi connectivity index (χ2n) is 8.00. The molecule has 1 heteroatoms. The Bertz CT molecular complexity index is 750. The standard InChI is InChI=1S/C21H25B/c1-6-9-16-10-7-11-17-12-8-13-18(19(16)17)22-14-20(2,3)21(4,5)15-22/h7-8,10-13H,14-15H2,1-5H3. The van der Waals surface area contributed by atoms with Crippen LogP contribution in [0.2, 0.25) is 12.6 Å². The summed E-state index contributed by atoms with van der Waals surface area (Å²) < 4.78 is 0. The fourth-order valence-corrected chi connectivity index (χ4v) is 4.03. The Morgan fingerprint density at radius 1 is 0.909 bits per heavy atom. The molecule has 0 amide bonds. The van der Waals surface area contributed by atoms with Crippen LogP contribution >= 0.6 is 0 Å². The van der Waals surface area contributed by atoms with E-state index in [0.29, 0.717) is 17.5 Å². The first kappa shape index (κ1) is 15.2. The molecule has 1 heterocycles. The molecule has 0 unspecified atom stereocenters. The number of hydrogen-bond acceptors (Lipinski definition) is 0. The van der Waals surface area contributed by atoms with Crippen LogP contribution in [0.1, 0.15) is 40.2 Å². The van der Waals surface area contributed by atoms with E-state index in [-0.39, 0.29) is 0 Å². The van der Waals surface area contributed by atoms with Crippen molar-refractivity contribution >= 4 is 22.9 Å². The van der Waals surface area contributed by atoms with Crippen molar-refractivity contribution in [1.82, 2.24) is 0 Å². The van der Waals surface area contributed by atoms with Gasteiger partial charge in [0.15, 0.2) is 6.71 Å². The molecule has 1 aliphatic heterocycles. The monoisotopic (exact) mass is 288 g/mol. The predicted molar refractivity (Wildman–Crippen MR) is 99.1 cm³/mol. The van der Waals surface area contributed by atoms with Gasteiger partial charge in [0.25, 0.3) is 0 Å². The van der Waals surface area contributed by atoms with Crippen molar-refractivity contribution in [3.05, 3.63) is 42.0 Å². The summed E-state index contributed by atoms with van der Waals surface area (Å²) in [7, 11) is 0. The van der Waals surface area contributed by atoms with E-state index in [1.54, 1.807) is 0 Å². The van der Waals surface area contributed by atoms with Gasteiger partial charge >= 0.3 is 0 Å². The van der Waals surface area contributed by atoms with Gasteiger partial charge in [0.2, 0.25) is 0 Å². The van der Waals surface area contributed by atoms with Crippen LogP contribution in [0.25, 0.3) is 10.8 Å². The predicted octanol–water partition coefficient (Wildman–Crippen LogP) is 4.98. The van der Waals surface area contributed by atoms with Crippen LogP contribution in [0.15, 0.2) is 36.4 Å². The molecular weight excluding hydrogens is 263 g/mol. The molecule has 1 aliphatic rings. The van der Waals surface area contributed by atoms with Crippen molar-refractivity contribution in [2.75, 3.05) is 0 Å². The van der Waals surface area contributed by atoms with E-state index in [1.807, 2.05) is 6.92 Å². The molecule has 22 heavy (non-hydrogen) atoms. The minimum absolute atomic E-state index is 0.380. The summed E-state index contributed by atoms with van der Waals surface area (Å²) in [6.45, 7) is 12.2. The third-order valence-corrected chi connectivity index (χ3v) is 5.98. The smallest absolute Gasteiger partial charge is 0.101 e. The van der Waals surface area contributed by atoms with Crippen LogP contribution in [0.3, 0.4) is 0 Å². The van der Waals surface area contributed by atoms with Gasteiger partial charge in [0.05, 0.1) is 0 Å². The van der Waals surface area contributed by atoms with Crippen LogP contribution in [0.5, 0.6) is 0 Å². The van der Waals surface area contributed by atoms with Gasteiger partial charge in [0, 0.05) is 5.56 Å². The maximum atomic E-state index is 3.31. The Balaban J connectivity index is 2.18. The third kappa shape index (κ3) is 2.36. The number of rotatable bonds is 1. The molecule has 0 atom stereocenters. The Kier molecular flexibility index (Phi) is 3.60. The summed E-state index contributed by atoms with van der Waals surface area (Å²) in [6, 6.07) is 13.2. The van der Waals surface area contributed by atoms with Gasteiger partial charge in [-0.2, -0.15) is 0 Å². The van der Waals surface area contributed by atoms with Crippen LogP contribution < -0.4 is 5.46 Å². The van der Waals surface area contributed by atoms with E-state index in [0.717, 1.165) is 0 Å². The second kappa shape index (κ2) is 5.20. The number of fused-ring (bicyclic) bond motifs is 1. The first-order valence-electron chi connectivity index (χ1n) is 8.30. The maximum Gasteiger partial charge on any atom is 0.177 e. The lowest BCUT2D eigenvalue weighted by Crippen LogP contribution is -2.29. The summed E-state index contributed by atoms with van der Waals surface area (Å²) >= 11 is 0. The van der Waals surface area contributed by atoms with E-state index in [9.17, 15) is 0 Å². The number of hydrogen-bond donors (Lipinski definition) is 0. The van der Waals surface area contributed by atoms with Gasteiger partial charge in [-0.3, -0.25) is 0 Å². The van der Waals surface area contributed by atoms with Gasteiger partial charge in [-0.25, -0.2) is 0 Å². The van der Waals surface area contributed by atoms with Crippen LogP contribution in [0, 0.1) is 22.7 Å². The highest BCUT2D eigenvalue weighted by molar-refractivity contribution is 6.76. The zero-order valence-corrected chi connectivity index (χ0v) is 14.5. The molecule has 0 nitrogen and oxygen atoms in total.